The van der Waals surface area contributed by atoms with Gasteiger partial charge in [-0.05, 0) is 13.3 Å². The maximum Gasteiger partial charge on any atom is 0.258 e. The van der Waals surface area contributed by atoms with E-state index in [-0.39, 0.29) is 12.0 Å². The maximum absolute atomic E-state index is 5.62. The first kappa shape index (κ1) is 11.2. The molecule has 0 aliphatic heterocycles. The van der Waals surface area contributed by atoms with E-state index in [1.54, 1.807) is 0 Å². The molecule has 8 nitrogen and oxygen atoms in total. The third-order valence-electron chi connectivity index (χ3n) is 2.25. The summed E-state index contributed by atoms with van der Waals surface area (Å²) in [6.07, 6.45) is 3.87. The molecule has 2 rings (SSSR count). The zero-order valence-electron chi connectivity index (χ0n) is 9.70. The molecule has 0 saturated heterocycles. The number of nitrogens with two attached hydrogens (primary N) is 1. The fraction of sp³-hybridized carbons (Fsp3) is 0.444. The van der Waals surface area contributed by atoms with Gasteiger partial charge in [0.05, 0.1) is 0 Å². The summed E-state index contributed by atoms with van der Waals surface area (Å²) in [5.41, 5.74) is 5.62. The highest BCUT2D eigenvalue weighted by atomic mass is 15.4. The largest absolute Gasteiger partial charge is 0.368 e. The van der Waals surface area contributed by atoms with Crippen LogP contribution in [0.1, 0.15) is 20.3 Å². The second kappa shape index (κ2) is 4.73. The first-order valence-electron chi connectivity index (χ1n) is 5.32. The Hall–Kier alpha value is -2.25. The lowest BCUT2D eigenvalue weighted by Gasteiger charge is -2.11. The average molecular weight is 234 g/mol. The zero-order chi connectivity index (χ0) is 12.3. The molecule has 1 atom stereocenters. The van der Waals surface area contributed by atoms with Crippen LogP contribution in [0.3, 0.4) is 0 Å². The Morgan fingerprint density at radius 3 is 2.88 bits per heavy atom. The van der Waals surface area contributed by atoms with Gasteiger partial charge in [0, 0.05) is 6.04 Å². The lowest BCUT2D eigenvalue weighted by Crippen LogP contribution is -2.18. The van der Waals surface area contributed by atoms with Gasteiger partial charge in [-0.15, -0.1) is 0 Å². The van der Waals surface area contributed by atoms with Crippen LogP contribution in [0.4, 0.5) is 11.9 Å². The molecule has 0 aliphatic carbocycles. The minimum Gasteiger partial charge on any atom is -0.368 e. The lowest BCUT2D eigenvalue weighted by atomic mass is 10.3. The van der Waals surface area contributed by atoms with E-state index in [1.165, 1.54) is 17.3 Å². The van der Waals surface area contributed by atoms with Crippen molar-refractivity contribution in [1.82, 2.24) is 29.7 Å². The lowest BCUT2D eigenvalue weighted by molar-refractivity contribution is 0.741. The van der Waals surface area contributed by atoms with Gasteiger partial charge < -0.3 is 11.1 Å². The highest BCUT2D eigenvalue weighted by molar-refractivity contribution is 5.35. The molecular weight excluding hydrogens is 220 g/mol. The van der Waals surface area contributed by atoms with Crippen molar-refractivity contribution in [3.8, 4) is 5.95 Å². The van der Waals surface area contributed by atoms with Crippen molar-refractivity contribution in [2.24, 2.45) is 0 Å². The number of nitrogens with zero attached hydrogens (tertiary/aromatic N) is 6. The number of hydrogen-bond acceptors (Lipinski definition) is 7. The Kier molecular flexibility index (Phi) is 3.12. The highest BCUT2D eigenvalue weighted by Crippen LogP contribution is 2.07. The molecule has 0 saturated carbocycles. The van der Waals surface area contributed by atoms with Crippen molar-refractivity contribution >= 4 is 11.9 Å². The quantitative estimate of drug-likeness (QED) is 0.780. The van der Waals surface area contributed by atoms with Crippen LogP contribution < -0.4 is 11.1 Å². The molecule has 0 aliphatic rings. The first-order valence-corrected chi connectivity index (χ1v) is 5.32. The monoisotopic (exact) mass is 234 g/mol. The molecular formula is C9H14N8. The molecule has 0 radical (unpaired) electrons. The van der Waals surface area contributed by atoms with Gasteiger partial charge in [0.2, 0.25) is 11.9 Å². The van der Waals surface area contributed by atoms with Crippen molar-refractivity contribution in [3.05, 3.63) is 12.7 Å². The second-order valence-electron chi connectivity index (χ2n) is 3.61. The van der Waals surface area contributed by atoms with Gasteiger partial charge >= 0.3 is 0 Å². The van der Waals surface area contributed by atoms with Crippen molar-refractivity contribution in [2.75, 3.05) is 11.1 Å². The van der Waals surface area contributed by atoms with Crippen LogP contribution in [-0.2, 0) is 0 Å². The minimum absolute atomic E-state index is 0.149. The van der Waals surface area contributed by atoms with Gasteiger partial charge in [0.15, 0.2) is 0 Å². The molecule has 2 aromatic rings. The van der Waals surface area contributed by atoms with Gasteiger partial charge in [-0.3, -0.25) is 0 Å². The standard InChI is InChI=1S/C9H14N8/c1-3-6(2)13-8-14-7(10)15-9(16-8)17-5-11-4-12-17/h4-6H,3H2,1-2H3,(H3,10,13,14,15,16). The third kappa shape index (κ3) is 2.65. The second-order valence-corrected chi connectivity index (χ2v) is 3.61. The molecule has 0 bridgehead atoms. The number of aromatic nitrogens is 6. The molecule has 90 valence electrons. The predicted octanol–water partition coefficient (Wildman–Crippen LogP) is 0.245. The van der Waals surface area contributed by atoms with Crippen LogP contribution in [0.2, 0.25) is 0 Å². The van der Waals surface area contributed by atoms with Crippen LogP contribution in [0.15, 0.2) is 12.7 Å². The number of nitrogens with one attached hydrogen (secondary N) is 1. The Morgan fingerprint density at radius 2 is 2.24 bits per heavy atom. The van der Waals surface area contributed by atoms with E-state index in [0.717, 1.165) is 6.42 Å². The zero-order valence-corrected chi connectivity index (χ0v) is 9.70. The summed E-state index contributed by atoms with van der Waals surface area (Å²) >= 11 is 0. The van der Waals surface area contributed by atoms with Crippen LogP contribution in [-0.4, -0.2) is 35.8 Å². The first-order chi connectivity index (χ1) is 8.19. The third-order valence-corrected chi connectivity index (χ3v) is 2.25. The van der Waals surface area contributed by atoms with Crippen molar-refractivity contribution < 1.29 is 0 Å². The summed E-state index contributed by atoms with van der Waals surface area (Å²) in [6, 6.07) is 0.264. The van der Waals surface area contributed by atoms with Crippen molar-refractivity contribution in [1.29, 1.82) is 0 Å². The van der Waals surface area contributed by atoms with E-state index in [9.17, 15) is 0 Å². The number of rotatable bonds is 4. The summed E-state index contributed by atoms with van der Waals surface area (Å²) in [5.74, 6) is 0.939. The Labute approximate surface area is 98.3 Å². The van der Waals surface area contributed by atoms with E-state index < -0.39 is 0 Å². The molecule has 0 fully saturated rings. The average Bonchev–Trinajstić information content (AvgIpc) is 2.81. The number of hydrogen-bond donors (Lipinski definition) is 2. The van der Waals surface area contributed by atoms with Crippen molar-refractivity contribution in [3.63, 3.8) is 0 Å². The molecule has 0 aromatic carbocycles. The van der Waals surface area contributed by atoms with E-state index in [0.29, 0.717) is 11.9 Å². The molecule has 3 N–H and O–H groups in total. The fourth-order valence-corrected chi connectivity index (χ4v) is 1.18. The van der Waals surface area contributed by atoms with Gasteiger partial charge in [-0.2, -0.15) is 24.7 Å². The number of anilines is 2. The molecule has 1 unspecified atom stereocenters. The van der Waals surface area contributed by atoms with Crippen LogP contribution >= 0.6 is 0 Å². The highest BCUT2D eigenvalue weighted by Gasteiger charge is 2.08. The Bertz CT molecular complexity index is 480. The van der Waals surface area contributed by atoms with E-state index in [4.69, 9.17) is 5.73 Å². The molecule has 8 heteroatoms. The summed E-state index contributed by atoms with van der Waals surface area (Å²) in [5, 5.41) is 7.07. The van der Waals surface area contributed by atoms with Gasteiger partial charge in [0.1, 0.15) is 12.7 Å². The molecule has 0 spiro atoms. The van der Waals surface area contributed by atoms with E-state index >= 15 is 0 Å². The molecule has 2 heterocycles. The van der Waals surface area contributed by atoms with Crippen LogP contribution in [0, 0.1) is 0 Å². The smallest absolute Gasteiger partial charge is 0.258 e. The molecule has 17 heavy (non-hydrogen) atoms. The van der Waals surface area contributed by atoms with Crippen molar-refractivity contribution in [2.45, 2.75) is 26.3 Å². The Morgan fingerprint density at radius 1 is 1.41 bits per heavy atom. The van der Waals surface area contributed by atoms with E-state index in [1.807, 2.05) is 6.92 Å². The summed E-state index contributed by atoms with van der Waals surface area (Å²) in [4.78, 5) is 16.0. The topological polar surface area (TPSA) is 107 Å². The maximum atomic E-state index is 5.62. The molecule has 0 amide bonds. The fourth-order valence-electron chi connectivity index (χ4n) is 1.18. The SMILES string of the molecule is CCC(C)Nc1nc(N)nc(-n2cncn2)n1. The predicted molar refractivity (Wildman–Crippen MR) is 62.5 cm³/mol. The summed E-state index contributed by atoms with van der Waals surface area (Å²) in [6.45, 7) is 4.11. The Balaban J connectivity index is 2.30. The number of nitrogen functional groups attached to an aromatic ring is 1. The minimum atomic E-state index is 0.149. The van der Waals surface area contributed by atoms with Crippen LogP contribution in [0.25, 0.3) is 5.95 Å². The van der Waals surface area contributed by atoms with Crippen LogP contribution in [0.5, 0.6) is 0 Å². The van der Waals surface area contributed by atoms with E-state index in [2.05, 4.69) is 37.3 Å². The summed E-state index contributed by atoms with van der Waals surface area (Å²) in [7, 11) is 0. The van der Waals surface area contributed by atoms with Gasteiger partial charge in [0.25, 0.3) is 5.95 Å². The van der Waals surface area contributed by atoms with Gasteiger partial charge in [-0.1, -0.05) is 6.92 Å². The molecule has 2 aromatic heterocycles. The summed E-state index contributed by atoms with van der Waals surface area (Å²) < 4.78 is 1.43. The normalized spacial score (nSPS) is 12.4. The van der Waals surface area contributed by atoms with Gasteiger partial charge in [-0.25, -0.2) is 4.98 Å².